The van der Waals surface area contributed by atoms with Gasteiger partial charge in [0.05, 0.1) is 0 Å². The predicted molar refractivity (Wildman–Crippen MR) is 66.9 cm³/mol. The van der Waals surface area contributed by atoms with Gasteiger partial charge < -0.3 is 0 Å². The van der Waals surface area contributed by atoms with E-state index in [9.17, 15) is 4.79 Å². The average Bonchev–Trinajstić information content (AvgIpc) is 2.00. The van der Waals surface area contributed by atoms with E-state index < -0.39 is 0 Å². The molecule has 0 heterocycles. The molecule has 1 atom stereocenters. The lowest BCUT2D eigenvalue weighted by molar-refractivity contribution is -0.127. The number of unbranched alkanes of at least 4 members (excludes halogenated alkanes) is 1. The molecule has 0 aromatic carbocycles. The SMILES string of the molecule is CCCCC(C(=O)CC(C)C)C(C)(C)C. The van der Waals surface area contributed by atoms with Crippen molar-refractivity contribution in [1.29, 1.82) is 0 Å². The van der Waals surface area contributed by atoms with Crippen molar-refractivity contribution in [2.24, 2.45) is 17.3 Å². The van der Waals surface area contributed by atoms with Gasteiger partial charge in [-0.3, -0.25) is 4.79 Å². The Morgan fingerprint density at radius 1 is 1.20 bits per heavy atom. The van der Waals surface area contributed by atoms with Crippen LogP contribution < -0.4 is 0 Å². The van der Waals surface area contributed by atoms with Gasteiger partial charge >= 0.3 is 0 Å². The molecule has 1 heteroatoms. The molecular weight excluding hydrogens is 184 g/mol. The predicted octanol–water partition coefficient (Wildman–Crippen LogP) is 4.45. The maximum absolute atomic E-state index is 12.1. The summed E-state index contributed by atoms with van der Waals surface area (Å²) in [5.74, 6) is 1.20. The highest BCUT2D eigenvalue weighted by atomic mass is 16.1. The number of hydrogen-bond acceptors (Lipinski definition) is 1. The minimum absolute atomic E-state index is 0.126. The molecule has 1 nitrogen and oxygen atoms in total. The smallest absolute Gasteiger partial charge is 0.136 e. The number of ketones is 1. The van der Waals surface area contributed by atoms with Crippen molar-refractivity contribution in [3.63, 3.8) is 0 Å². The minimum Gasteiger partial charge on any atom is -0.299 e. The summed E-state index contributed by atoms with van der Waals surface area (Å²) >= 11 is 0. The van der Waals surface area contributed by atoms with Crippen molar-refractivity contribution in [3.05, 3.63) is 0 Å². The molecule has 0 aliphatic carbocycles. The van der Waals surface area contributed by atoms with Crippen LogP contribution in [0.2, 0.25) is 0 Å². The lowest BCUT2D eigenvalue weighted by atomic mass is 9.74. The quantitative estimate of drug-likeness (QED) is 0.635. The van der Waals surface area contributed by atoms with E-state index in [1.54, 1.807) is 0 Å². The van der Waals surface area contributed by atoms with Gasteiger partial charge in [-0.2, -0.15) is 0 Å². The molecule has 0 rings (SSSR count). The molecule has 0 amide bonds. The van der Waals surface area contributed by atoms with Crippen LogP contribution >= 0.6 is 0 Å². The lowest BCUT2D eigenvalue weighted by Gasteiger charge is -2.30. The zero-order chi connectivity index (χ0) is 12.1. The van der Waals surface area contributed by atoms with Crippen LogP contribution in [0.5, 0.6) is 0 Å². The Morgan fingerprint density at radius 2 is 1.73 bits per heavy atom. The van der Waals surface area contributed by atoms with Gasteiger partial charge in [0.1, 0.15) is 5.78 Å². The van der Waals surface area contributed by atoms with Crippen LogP contribution in [-0.2, 0) is 4.79 Å². The van der Waals surface area contributed by atoms with Gasteiger partial charge in [-0.1, -0.05) is 54.4 Å². The molecule has 0 radical (unpaired) electrons. The van der Waals surface area contributed by atoms with Crippen LogP contribution in [0, 0.1) is 17.3 Å². The summed E-state index contributed by atoms with van der Waals surface area (Å²) in [5.41, 5.74) is 0.126. The fourth-order valence-electron chi connectivity index (χ4n) is 2.03. The van der Waals surface area contributed by atoms with E-state index in [0.717, 1.165) is 12.8 Å². The molecule has 0 N–H and O–H groups in total. The maximum atomic E-state index is 12.1. The summed E-state index contributed by atoms with van der Waals surface area (Å²) < 4.78 is 0. The van der Waals surface area contributed by atoms with Crippen molar-refractivity contribution in [3.8, 4) is 0 Å². The Morgan fingerprint density at radius 3 is 2.07 bits per heavy atom. The van der Waals surface area contributed by atoms with E-state index >= 15 is 0 Å². The van der Waals surface area contributed by atoms with Gasteiger partial charge in [0.25, 0.3) is 0 Å². The second-order valence-electron chi connectivity index (χ2n) is 6.13. The third-order valence-corrected chi connectivity index (χ3v) is 2.89. The normalized spacial score (nSPS) is 14.3. The number of carbonyl (C=O) groups is 1. The Balaban J connectivity index is 4.42. The molecule has 15 heavy (non-hydrogen) atoms. The molecule has 0 aliphatic heterocycles. The first-order valence-corrected chi connectivity index (χ1v) is 6.31. The van der Waals surface area contributed by atoms with Crippen LogP contribution in [-0.4, -0.2) is 5.78 Å². The largest absolute Gasteiger partial charge is 0.299 e. The van der Waals surface area contributed by atoms with E-state index in [-0.39, 0.29) is 11.3 Å². The highest BCUT2D eigenvalue weighted by Gasteiger charge is 2.30. The van der Waals surface area contributed by atoms with Crippen molar-refractivity contribution >= 4 is 5.78 Å². The van der Waals surface area contributed by atoms with Crippen LogP contribution in [0.1, 0.15) is 67.2 Å². The summed E-state index contributed by atoms with van der Waals surface area (Å²) in [6, 6.07) is 0. The molecule has 0 fully saturated rings. The highest BCUT2D eigenvalue weighted by Crippen LogP contribution is 2.32. The Hall–Kier alpha value is -0.330. The van der Waals surface area contributed by atoms with Crippen LogP contribution in [0.25, 0.3) is 0 Å². The first-order chi connectivity index (χ1) is 6.79. The number of Topliss-reactive ketones (excluding diaryl/α,β-unsaturated/α-hetero) is 1. The molecule has 0 aromatic rings. The maximum Gasteiger partial charge on any atom is 0.136 e. The second kappa shape index (κ2) is 6.30. The van der Waals surface area contributed by atoms with Crippen molar-refractivity contribution in [2.45, 2.75) is 67.2 Å². The van der Waals surface area contributed by atoms with Gasteiger partial charge in [-0.05, 0) is 17.8 Å². The lowest BCUT2D eigenvalue weighted by Crippen LogP contribution is -2.29. The van der Waals surface area contributed by atoms with E-state index in [2.05, 4.69) is 41.5 Å². The average molecular weight is 212 g/mol. The van der Waals surface area contributed by atoms with E-state index in [0.29, 0.717) is 11.7 Å². The fraction of sp³-hybridized carbons (Fsp3) is 0.929. The van der Waals surface area contributed by atoms with Crippen LogP contribution in [0.4, 0.5) is 0 Å². The van der Waals surface area contributed by atoms with Crippen LogP contribution in [0.3, 0.4) is 0 Å². The topological polar surface area (TPSA) is 17.1 Å². The number of hydrogen-bond donors (Lipinski definition) is 0. The molecule has 1 unspecified atom stereocenters. The monoisotopic (exact) mass is 212 g/mol. The van der Waals surface area contributed by atoms with Gasteiger partial charge in [0.15, 0.2) is 0 Å². The third-order valence-electron chi connectivity index (χ3n) is 2.89. The number of rotatable bonds is 6. The highest BCUT2D eigenvalue weighted by molar-refractivity contribution is 5.81. The van der Waals surface area contributed by atoms with Crippen molar-refractivity contribution in [2.75, 3.05) is 0 Å². The first kappa shape index (κ1) is 14.7. The van der Waals surface area contributed by atoms with Crippen molar-refractivity contribution < 1.29 is 4.79 Å². The molecule has 0 aliphatic rings. The van der Waals surface area contributed by atoms with Gasteiger partial charge in [0, 0.05) is 12.3 Å². The molecule has 0 bridgehead atoms. The van der Waals surface area contributed by atoms with Gasteiger partial charge in [-0.25, -0.2) is 0 Å². The zero-order valence-electron chi connectivity index (χ0n) is 11.4. The molecule has 0 saturated heterocycles. The summed E-state index contributed by atoms with van der Waals surface area (Å²) in [7, 11) is 0. The van der Waals surface area contributed by atoms with Crippen LogP contribution in [0.15, 0.2) is 0 Å². The van der Waals surface area contributed by atoms with Crippen molar-refractivity contribution in [1.82, 2.24) is 0 Å². The summed E-state index contributed by atoms with van der Waals surface area (Å²) in [6.07, 6.45) is 4.16. The molecular formula is C14H28O. The Labute approximate surface area is 95.6 Å². The first-order valence-electron chi connectivity index (χ1n) is 6.31. The molecule has 0 aromatic heterocycles. The van der Waals surface area contributed by atoms with E-state index in [4.69, 9.17) is 0 Å². The number of carbonyl (C=O) groups excluding carboxylic acids is 1. The Kier molecular flexibility index (Phi) is 6.16. The molecule has 90 valence electrons. The van der Waals surface area contributed by atoms with E-state index in [1.807, 2.05) is 0 Å². The zero-order valence-corrected chi connectivity index (χ0v) is 11.4. The standard InChI is InChI=1S/C14H28O/c1-7-8-9-12(14(4,5)6)13(15)10-11(2)3/h11-12H,7-10H2,1-6H3. The fourth-order valence-corrected chi connectivity index (χ4v) is 2.03. The molecule has 0 spiro atoms. The third kappa shape index (κ3) is 5.96. The van der Waals surface area contributed by atoms with E-state index in [1.165, 1.54) is 12.8 Å². The summed E-state index contributed by atoms with van der Waals surface area (Å²) in [6.45, 7) is 13.0. The van der Waals surface area contributed by atoms with Gasteiger partial charge in [-0.15, -0.1) is 0 Å². The Bertz CT molecular complexity index is 186. The second-order valence-corrected chi connectivity index (χ2v) is 6.13. The minimum atomic E-state index is 0.126. The summed E-state index contributed by atoms with van der Waals surface area (Å²) in [4.78, 5) is 12.1. The summed E-state index contributed by atoms with van der Waals surface area (Å²) in [5, 5.41) is 0. The van der Waals surface area contributed by atoms with Gasteiger partial charge in [0.2, 0.25) is 0 Å². The molecule has 0 saturated carbocycles.